The van der Waals surface area contributed by atoms with E-state index in [2.05, 4.69) is 0 Å². The number of allylic oxidation sites excluding steroid dienone is 1. The number of carbonyl (C=O) groups is 2. The van der Waals surface area contributed by atoms with E-state index in [-0.39, 0.29) is 30.2 Å². The second-order valence-corrected chi connectivity index (χ2v) is 7.11. The van der Waals surface area contributed by atoms with Crippen molar-refractivity contribution in [3.05, 3.63) is 51.9 Å². The Morgan fingerprint density at radius 3 is 2.92 bits per heavy atom. The number of thioether (sulfide) groups is 1. The van der Waals surface area contributed by atoms with Gasteiger partial charge in [0.1, 0.15) is 5.70 Å². The predicted molar refractivity (Wildman–Crippen MR) is 96.4 cm³/mol. The predicted octanol–water partition coefficient (Wildman–Crippen LogP) is 1.97. The van der Waals surface area contributed by atoms with E-state index in [0.29, 0.717) is 29.9 Å². The number of fused-ring (bicyclic) bond motifs is 1. The monoisotopic (exact) mass is 360 g/mol. The van der Waals surface area contributed by atoms with Crippen molar-refractivity contribution in [2.24, 2.45) is 5.92 Å². The Kier molecular flexibility index (Phi) is 5.15. The number of benzene rings is 1. The van der Waals surface area contributed by atoms with Crippen LogP contribution in [-0.2, 0) is 16.0 Å². The topological polar surface area (TPSA) is 104 Å². The van der Waals surface area contributed by atoms with E-state index in [1.54, 1.807) is 0 Å². The van der Waals surface area contributed by atoms with Crippen LogP contribution in [0.15, 0.2) is 46.4 Å². The average molecular weight is 360 g/mol. The minimum absolute atomic E-state index is 0.0638. The maximum atomic E-state index is 12.1. The molecule has 2 atom stereocenters. The van der Waals surface area contributed by atoms with Crippen LogP contribution in [0.5, 0.6) is 0 Å². The zero-order valence-corrected chi connectivity index (χ0v) is 14.4. The second kappa shape index (κ2) is 7.33. The third-order valence-electron chi connectivity index (χ3n) is 4.50. The van der Waals surface area contributed by atoms with Gasteiger partial charge in [0, 0.05) is 23.6 Å². The first kappa shape index (κ1) is 17.6. The van der Waals surface area contributed by atoms with Crippen LogP contribution in [0.1, 0.15) is 18.4 Å². The summed E-state index contributed by atoms with van der Waals surface area (Å²) < 4.78 is 0. The van der Waals surface area contributed by atoms with E-state index in [1.807, 2.05) is 35.7 Å². The molecule has 1 saturated heterocycles. The van der Waals surface area contributed by atoms with Crippen LogP contribution >= 0.6 is 11.8 Å². The van der Waals surface area contributed by atoms with Crippen molar-refractivity contribution in [2.45, 2.75) is 25.3 Å². The number of β-lactam (4-membered cyclic amide) rings is 1. The van der Waals surface area contributed by atoms with Crippen LogP contribution in [0.25, 0.3) is 0 Å². The number of nitrogen functional groups attached to an aromatic ring is 1. The first-order valence-electron chi connectivity index (χ1n) is 8.09. The number of hydrogen-bond donors (Lipinski definition) is 3. The molecule has 0 aromatic heterocycles. The van der Waals surface area contributed by atoms with Crippen molar-refractivity contribution in [1.29, 1.82) is 0 Å². The van der Waals surface area contributed by atoms with Gasteiger partial charge in [-0.15, -0.1) is 11.8 Å². The largest absolute Gasteiger partial charge is 0.477 e. The SMILES string of the molecule is Nc1cccc(CC=CSC2=C(C(=O)O)N3C(=O)[C@H](CCO)[C@H]3C2)c1. The minimum Gasteiger partial charge on any atom is -0.477 e. The Morgan fingerprint density at radius 1 is 1.44 bits per heavy atom. The van der Waals surface area contributed by atoms with Crippen molar-refractivity contribution >= 4 is 29.3 Å². The summed E-state index contributed by atoms with van der Waals surface area (Å²) in [7, 11) is 0. The van der Waals surface area contributed by atoms with Gasteiger partial charge in [-0.05, 0) is 35.9 Å². The van der Waals surface area contributed by atoms with Gasteiger partial charge in [0.15, 0.2) is 0 Å². The smallest absolute Gasteiger partial charge is 0.353 e. The third kappa shape index (κ3) is 3.43. The van der Waals surface area contributed by atoms with Crippen LogP contribution in [0.4, 0.5) is 5.69 Å². The van der Waals surface area contributed by atoms with Crippen LogP contribution in [-0.4, -0.2) is 39.6 Å². The number of aliphatic hydroxyl groups is 1. The molecule has 0 saturated carbocycles. The molecular weight excluding hydrogens is 340 g/mol. The molecule has 0 spiro atoms. The molecule has 132 valence electrons. The molecular formula is C18H20N2O4S. The summed E-state index contributed by atoms with van der Waals surface area (Å²) in [6, 6.07) is 7.47. The maximum Gasteiger partial charge on any atom is 0.353 e. The molecule has 0 aliphatic carbocycles. The fraction of sp³-hybridized carbons (Fsp3) is 0.333. The second-order valence-electron chi connectivity index (χ2n) is 6.11. The molecule has 2 aliphatic rings. The van der Waals surface area contributed by atoms with Gasteiger partial charge in [0.25, 0.3) is 0 Å². The van der Waals surface area contributed by atoms with E-state index in [4.69, 9.17) is 10.8 Å². The molecule has 4 N–H and O–H groups in total. The number of carboxylic acid groups (broad SMARTS) is 1. The van der Waals surface area contributed by atoms with Crippen LogP contribution in [0, 0.1) is 5.92 Å². The van der Waals surface area contributed by atoms with Crippen molar-refractivity contribution in [2.75, 3.05) is 12.3 Å². The summed E-state index contributed by atoms with van der Waals surface area (Å²) in [6.07, 6.45) is 3.57. The number of amides is 1. The Bertz CT molecular complexity index is 759. The molecule has 0 bridgehead atoms. The van der Waals surface area contributed by atoms with E-state index in [9.17, 15) is 14.7 Å². The summed E-state index contributed by atoms with van der Waals surface area (Å²) >= 11 is 1.34. The van der Waals surface area contributed by atoms with Crippen LogP contribution in [0.3, 0.4) is 0 Å². The first-order chi connectivity index (χ1) is 12.0. The van der Waals surface area contributed by atoms with E-state index in [1.165, 1.54) is 16.7 Å². The zero-order valence-electron chi connectivity index (χ0n) is 13.6. The summed E-state index contributed by atoms with van der Waals surface area (Å²) in [4.78, 5) is 25.7. The molecule has 1 aromatic carbocycles. The number of nitrogens with two attached hydrogens (primary N) is 1. The van der Waals surface area contributed by atoms with E-state index >= 15 is 0 Å². The van der Waals surface area contributed by atoms with Gasteiger partial charge < -0.3 is 20.8 Å². The summed E-state index contributed by atoms with van der Waals surface area (Å²) in [5, 5.41) is 20.4. The molecule has 7 heteroatoms. The number of aliphatic hydroxyl groups excluding tert-OH is 1. The Hall–Kier alpha value is -2.25. The Morgan fingerprint density at radius 2 is 2.24 bits per heavy atom. The molecule has 1 aromatic rings. The molecule has 0 unspecified atom stereocenters. The van der Waals surface area contributed by atoms with E-state index < -0.39 is 5.97 Å². The van der Waals surface area contributed by atoms with Gasteiger partial charge >= 0.3 is 5.97 Å². The highest BCUT2D eigenvalue weighted by molar-refractivity contribution is 8.05. The standard InChI is InChI=1S/C18H20N2O4S/c19-12-5-1-3-11(9-12)4-2-8-25-15-10-14-13(6-7-21)17(22)20(14)16(15)18(23)24/h1-3,5,8-9,13-14,21H,4,6-7,10,19H2,(H,23,24)/t13-,14-/m1/s1. The molecule has 3 rings (SSSR count). The van der Waals surface area contributed by atoms with Gasteiger partial charge in [0.2, 0.25) is 5.91 Å². The van der Waals surface area contributed by atoms with Crippen molar-refractivity contribution in [3.8, 4) is 0 Å². The summed E-state index contributed by atoms with van der Waals surface area (Å²) in [5.41, 5.74) is 7.62. The third-order valence-corrected chi connectivity index (χ3v) is 5.48. The lowest BCUT2D eigenvalue weighted by Crippen LogP contribution is -2.58. The van der Waals surface area contributed by atoms with Crippen LogP contribution in [0.2, 0.25) is 0 Å². The lowest BCUT2D eigenvalue weighted by atomic mass is 9.85. The van der Waals surface area contributed by atoms with Gasteiger partial charge in [-0.1, -0.05) is 18.2 Å². The van der Waals surface area contributed by atoms with Gasteiger partial charge in [-0.2, -0.15) is 0 Å². The number of nitrogens with zero attached hydrogens (tertiary/aromatic N) is 1. The number of carboxylic acids is 1. The molecule has 1 fully saturated rings. The lowest BCUT2D eigenvalue weighted by Gasteiger charge is -2.43. The maximum absolute atomic E-state index is 12.1. The van der Waals surface area contributed by atoms with Gasteiger partial charge in [-0.25, -0.2) is 4.79 Å². The lowest BCUT2D eigenvalue weighted by molar-refractivity contribution is -0.155. The number of aliphatic carboxylic acids is 1. The van der Waals surface area contributed by atoms with E-state index in [0.717, 1.165) is 5.56 Å². The molecule has 2 heterocycles. The van der Waals surface area contributed by atoms with Crippen LogP contribution < -0.4 is 5.73 Å². The number of carbonyl (C=O) groups excluding carboxylic acids is 1. The molecule has 25 heavy (non-hydrogen) atoms. The Balaban J connectivity index is 1.66. The van der Waals surface area contributed by atoms with Crippen molar-refractivity contribution < 1.29 is 19.8 Å². The zero-order chi connectivity index (χ0) is 18.0. The van der Waals surface area contributed by atoms with Gasteiger partial charge in [0.05, 0.1) is 12.0 Å². The average Bonchev–Trinajstić information content (AvgIpc) is 2.92. The molecule has 2 aliphatic heterocycles. The summed E-state index contributed by atoms with van der Waals surface area (Å²) in [5.74, 6) is -1.55. The van der Waals surface area contributed by atoms with Crippen molar-refractivity contribution in [3.63, 3.8) is 0 Å². The summed E-state index contributed by atoms with van der Waals surface area (Å²) in [6.45, 7) is -0.0638. The van der Waals surface area contributed by atoms with Crippen molar-refractivity contribution in [1.82, 2.24) is 4.90 Å². The normalized spacial score (nSPS) is 22.4. The number of rotatable bonds is 7. The number of hydrogen-bond acceptors (Lipinski definition) is 5. The highest BCUT2D eigenvalue weighted by Crippen LogP contribution is 2.47. The van der Waals surface area contributed by atoms with Gasteiger partial charge in [-0.3, -0.25) is 4.79 Å². The number of anilines is 1. The highest BCUT2D eigenvalue weighted by atomic mass is 32.2. The highest BCUT2D eigenvalue weighted by Gasteiger charge is 2.54. The Labute approximate surface area is 150 Å². The molecule has 1 amide bonds. The molecule has 6 nitrogen and oxygen atoms in total. The fourth-order valence-corrected chi connectivity index (χ4v) is 4.27. The molecule has 0 radical (unpaired) electrons. The first-order valence-corrected chi connectivity index (χ1v) is 8.97. The fourth-order valence-electron chi connectivity index (χ4n) is 3.35. The minimum atomic E-state index is -1.08. The quantitative estimate of drug-likeness (QED) is 0.507.